The number of hydrogen-bond donors (Lipinski definition) is 0. The maximum Gasteiger partial charge on any atom is 0.253 e. The fraction of sp³-hybridized carbons (Fsp3) is 0.680. The van der Waals surface area contributed by atoms with Gasteiger partial charge in [-0.3, -0.25) is 14.5 Å². The summed E-state index contributed by atoms with van der Waals surface area (Å²) in [6.07, 6.45) is 8.41. The van der Waals surface area contributed by atoms with Crippen LogP contribution in [0.1, 0.15) is 61.7 Å². The third-order valence-corrected chi connectivity index (χ3v) is 9.48. The minimum Gasteiger partial charge on any atom is -0.342 e. The number of carbonyl (C=O) groups excluding carboxylic acids is 2. The summed E-state index contributed by atoms with van der Waals surface area (Å²) in [5.74, 6) is 0.0267. The number of rotatable bonds is 6. The number of piperazine rings is 1. The third-order valence-electron chi connectivity index (χ3n) is 7.57. The Hall–Kier alpha value is -1.97. The average Bonchev–Trinajstić information content (AvgIpc) is 2.89. The molecule has 4 rings (SSSR count). The van der Waals surface area contributed by atoms with Crippen molar-refractivity contribution in [2.24, 2.45) is 0 Å². The molecule has 0 unspecified atom stereocenters. The quantitative estimate of drug-likeness (QED) is 0.612. The van der Waals surface area contributed by atoms with Crippen molar-refractivity contribution in [3.63, 3.8) is 0 Å². The Bertz CT molecular complexity index is 963. The average molecular weight is 491 g/mol. The molecule has 0 bridgehead atoms. The van der Waals surface area contributed by atoms with Gasteiger partial charge in [-0.15, -0.1) is 0 Å². The second kappa shape index (κ2) is 11.2. The lowest BCUT2D eigenvalue weighted by Crippen LogP contribution is -2.52. The van der Waals surface area contributed by atoms with E-state index >= 15 is 0 Å². The van der Waals surface area contributed by atoms with E-state index in [1.165, 1.54) is 16.8 Å². The standard InChI is InChI=1S/C25H38N4O4S/c1-26(22-10-4-2-5-11-22)34(32,33)23-12-8-9-21(19-23)25(31)29-17-15-27(16-18-29)20-24(30)28-13-6-3-7-14-28/h8-9,12,19,22H,2-7,10-11,13-18,20H2,1H3. The summed E-state index contributed by atoms with van der Waals surface area (Å²) in [6, 6.07) is 6.47. The van der Waals surface area contributed by atoms with Crippen LogP contribution in [0.25, 0.3) is 0 Å². The van der Waals surface area contributed by atoms with Crippen molar-refractivity contribution in [1.29, 1.82) is 0 Å². The zero-order chi connectivity index (χ0) is 24.1. The Morgan fingerprint density at radius 2 is 1.53 bits per heavy atom. The highest BCUT2D eigenvalue weighted by Gasteiger charge is 2.30. The summed E-state index contributed by atoms with van der Waals surface area (Å²) >= 11 is 0. The summed E-state index contributed by atoms with van der Waals surface area (Å²) < 4.78 is 27.9. The molecule has 1 aliphatic carbocycles. The largest absolute Gasteiger partial charge is 0.342 e. The first-order chi connectivity index (χ1) is 16.4. The number of sulfonamides is 1. The van der Waals surface area contributed by atoms with E-state index in [9.17, 15) is 18.0 Å². The highest BCUT2D eigenvalue weighted by molar-refractivity contribution is 7.89. The van der Waals surface area contributed by atoms with E-state index in [4.69, 9.17) is 0 Å². The van der Waals surface area contributed by atoms with Crippen LogP contribution in [0.15, 0.2) is 29.2 Å². The van der Waals surface area contributed by atoms with Crippen LogP contribution < -0.4 is 0 Å². The molecule has 3 fully saturated rings. The van der Waals surface area contributed by atoms with E-state index < -0.39 is 10.0 Å². The molecule has 0 radical (unpaired) electrons. The van der Waals surface area contributed by atoms with Gasteiger partial charge in [0.05, 0.1) is 11.4 Å². The number of benzene rings is 1. The van der Waals surface area contributed by atoms with Gasteiger partial charge in [0.15, 0.2) is 0 Å². The Morgan fingerprint density at radius 3 is 2.21 bits per heavy atom. The molecule has 2 saturated heterocycles. The van der Waals surface area contributed by atoms with Gasteiger partial charge < -0.3 is 9.80 Å². The van der Waals surface area contributed by atoms with E-state index in [-0.39, 0.29) is 22.8 Å². The lowest BCUT2D eigenvalue weighted by Gasteiger charge is -2.36. The summed E-state index contributed by atoms with van der Waals surface area (Å²) in [4.78, 5) is 31.7. The molecule has 0 spiro atoms. The smallest absolute Gasteiger partial charge is 0.253 e. The summed E-state index contributed by atoms with van der Waals surface area (Å²) in [6.45, 7) is 4.47. The predicted octanol–water partition coefficient (Wildman–Crippen LogP) is 2.41. The molecule has 3 aliphatic rings. The zero-order valence-electron chi connectivity index (χ0n) is 20.3. The second-order valence-corrected chi connectivity index (χ2v) is 11.8. The Balaban J connectivity index is 1.35. The van der Waals surface area contributed by atoms with E-state index in [1.54, 1.807) is 30.1 Å². The number of piperidine rings is 1. The first kappa shape index (κ1) is 25.1. The molecule has 1 saturated carbocycles. The SMILES string of the molecule is CN(C1CCCCC1)S(=O)(=O)c1cccc(C(=O)N2CCN(CC(=O)N3CCCCC3)CC2)c1. The highest BCUT2D eigenvalue weighted by Crippen LogP contribution is 2.27. The van der Waals surface area contributed by atoms with Crippen LogP contribution in [-0.2, 0) is 14.8 Å². The molecular weight excluding hydrogens is 452 g/mol. The first-order valence-corrected chi connectivity index (χ1v) is 14.2. The first-order valence-electron chi connectivity index (χ1n) is 12.7. The molecule has 1 aromatic carbocycles. The van der Waals surface area contributed by atoms with Crippen molar-refractivity contribution < 1.29 is 18.0 Å². The maximum absolute atomic E-state index is 13.2. The number of carbonyl (C=O) groups is 2. The minimum absolute atomic E-state index is 0.0267. The molecule has 0 aromatic heterocycles. The molecule has 1 aromatic rings. The van der Waals surface area contributed by atoms with Crippen LogP contribution in [0.4, 0.5) is 0 Å². The van der Waals surface area contributed by atoms with Gasteiger partial charge >= 0.3 is 0 Å². The van der Waals surface area contributed by atoms with Crippen molar-refractivity contribution in [1.82, 2.24) is 19.0 Å². The van der Waals surface area contributed by atoms with Gasteiger partial charge in [-0.2, -0.15) is 4.31 Å². The molecule has 2 heterocycles. The molecule has 0 N–H and O–H groups in total. The summed E-state index contributed by atoms with van der Waals surface area (Å²) in [7, 11) is -1.99. The number of amides is 2. The molecule has 0 atom stereocenters. The molecule has 34 heavy (non-hydrogen) atoms. The van der Waals surface area contributed by atoms with Gasteiger partial charge in [-0.1, -0.05) is 25.3 Å². The normalized spacial score (nSPS) is 21.1. The van der Waals surface area contributed by atoms with Crippen molar-refractivity contribution in [2.45, 2.75) is 62.3 Å². The molecular formula is C25H38N4O4S. The van der Waals surface area contributed by atoms with Gasteiger partial charge in [0.25, 0.3) is 5.91 Å². The van der Waals surface area contributed by atoms with Crippen LogP contribution in [0.5, 0.6) is 0 Å². The Morgan fingerprint density at radius 1 is 0.882 bits per heavy atom. The van der Waals surface area contributed by atoms with Gasteiger partial charge in [-0.25, -0.2) is 8.42 Å². The molecule has 9 heteroatoms. The lowest BCUT2D eigenvalue weighted by atomic mass is 9.96. The van der Waals surface area contributed by atoms with E-state index in [0.717, 1.165) is 58.0 Å². The van der Waals surface area contributed by atoms with Gasteiger partial charge in [0, 0.05) is 57.9 Å². The Labute approximate surface area is 203 Å². The summed E-state index contributed by atoms with van der Waals surface area (Å²) in [5, 5.41) is 0. The van der Waals surface area contributed by atoms with Gasteiger partial charge in [0.1, 0.15) is 0 Å². The molecule has 8 nitrogen and oxygen atoms in total. The number of hydrogen-bond acceptors (Lipinski definition) is 5. The second-order valence-electron chi connectivity index (χ2n) is 9.85. The van der Waals surface area contributed by atoms with Crippen LogP contribution in [0.2, 0.25) is 0 Å². The fourth-order valence-corrected chi connectivity index (χ4v) is 6.79. The molecule has 2 amide bonds. The molecule has 188 valence electrons. The fourth-order valence-electron chi connectivity index (χ4n) is 5.32. The predicted molar refractivity (Wildman–Crippen MR) is 131 cm³/mol. The highest BCUT2D eigenvalue weighted by atomic mass is 32.2. The molecule has 2 aliphatic heterocycles. The maximum atomic E-state index is 13.2. The van der Waals surface area contributed by atoms with Crippen molar-refractivity contribution in [2.75, 3.05) is 52.9 Å². The summed E-state index contributed by atoms with van der Waals surface area (Å²) in [5.41, 5.74) is 0.399. The van der Waals surface area contributed by atoms with Crippen molar-refractivity contribution >= 4 is 21.8 Å². The van der Waals surface area contributed by atoms with Crippen LogP contribution in [-0.4, -0.2) is 98.1 Å². The monoisotopic (exact) mass is 490 g/mol. The van der Waals surface area contributed by atoms with Crippen LogP contribution in [0.3, 0.4) is 0 Å². The van der Waals surface area contributed by atoms with E-state index in [1.807, 2.05) is 4.90 Å². The zero-order valence-corrected chi connectivity index (χ0v) is 21.1. The number of likely N-dealkylation sites (tertiary alicyclic amines) is 1. The van der Waals surface area contributed by atoms with Crippen molar-refractivity contribution in [3.05, 3.63) is 29.8 Å². The van der Waals surface area contributed by atoms with Crippen LogP contribution in [0, 0.1) is 0 Å². The Kier molecular flexibility index (Phi) is 8.26. The van der Waals surface area contributed by atoms with Gasteiger partial charge in [-0.05, 0) is 50.3 Å². The van der Waals surface area contributed by atoms with E-state index in [0.29, 0.717) is 38.3 Å². The minimum atomic E-state index is -3.65. The van der Waals surface area contributed by atoms with E-state index in [2.05, 4.69) is 4.90 Å². The number of nitrogens with zero attached hydrogens (tertiary/aromatic N) is 4. The van der Waals surface area contributed by atoms with Gasteiger partial charge in [0.2, 0.25) is 15.9 Å². The topological polar surface area (TPSA) is 81.2 Å². The third kappa shape index (κ3) is 5.80. The van der Waals surface area contributed by atoms with Crippen molar-refractivity contribution in [3.8, 4) is 0 Å². The lowest BCUT2D eigenvalue weighted by molar-refractivity contribution is -0.133. The van der Waals surface area contributed by atoms with Crippen LogP contribution >= 0.6 is 0 Å².